The predicted molar refractivity (Wildman–Crippen MR) is 75.9 cm³/mol. The zero-order valence-corrected chi connectivity index (χ0v) is 15.6. The van der Waals surface area contributed by atoms with Gasteiger partial charge in [-0.1, -0.05) is 41.9 Å². The van der Waals surface area contributed by atoms with Crippen LogP contribution in [0.25, 0.3) is 0 Å². The van der Waals surface area contributed by atoms with Crippen molar-refractivity contribution >= 4 is 17.3 Å². The van der Waals surface area contributed by atoms with Gasteiger partial charge in [0, 0.05) is 17.3 Å². The first-order chi connectivity index (χ1) is 8.75. The van der Waals surface area contributed by atoms with Crippen LogP contribution in [0.2, 0.25) is 5.02 Å². The number of hydrogen-bond donors (Lipinski definition) is 2. The summed E-state index contributed by atoms with van der Waals surface area (Å²) in [6, 6.07) is 14.4. The Kier molecular flexibility index (Phi) is 8.92. The zero-order chi connectivity index (χ0) is 12.5. The number of halogens is 3. The molecule has 3 rings (SSSR count). The van der Waals surface area contributed by atoms with E-state index in [2.05, 4.69) is 29.6 Å². The van der Waals surface area contributed by atoms with E-state index in [1.54, 1.807) is 0 Å². The molecule has 1 atom stereocenters. The summed E-state index contributed by atoms with van der Waals surface area (Å²) in [6.07, 6.45) is 1.07. The van der Waals surface area contributed by atoms with E-state index in [1.165, 1.54) is 11.1 Å². The molecule has 6 heteroatoms. The summed E-state index contributed by atoms with van der Waals surface area (Å²) in [4.78, 5) is 0. The van der Waals surface area contributed by atoms with Crippen LogP contribution < -0.4 is 35.9 Å². The topological polar surface area (TPSA) is 38.0 Å². The molecular formula is C15H15Cl3N2Pt. The Morgan fingerprint density at radius 2 is 1.76 bits per heavy atom. The summed E-state index contributed by atoms with van der Waals surface area (Å²) >= 11 is 5.96. The molecule has 1 aliphatic rings. The normalized spacial score (nSPS) is 15.8. The molecular weight excluding hydrogens is 510 g/mol. The van der Waals surface area contributed by atoms with Crippen molar-refractivity contribution in [1.82, 2.24) is 5.32 Å². The number of nitrogen functional groups attached to an aromatic ring is 1. The molecule has 0 aromatic heterocycles. The fraction of sp³-hybridized carbons (Fsp3) is 0.200. The number of nitrogens with one attached hydrogen (secondary N) is 1. The molecule has 21 heavy (non-hydrogen) atoms. The summed E-state index contributed by atoms with van der Waals surface area (Å²) in [5.74, 6) is 0. The number of anilines is 1. The molecule has 2 nitrogen and oxygen atoms in total. The maximum Gasteiger partial charge on any atom is 2.00 e. The Bertz CT molecular complexity index is 593. The first kappa shape index (κ1) is 20.8. The van der Waals surface area contributed by atoms with Gasteiger partial charge in [-0.25, -0.2) is 0 Å². The molecule has 2 aromatic carbocycles. The first-order valence-electron chi connectivity index (χ1n) is 6.12. The largest absolute Gasteiger partial charge is 2.00 e. The number of fused-ring (bicyclic) bond motifs is 1. The fourth-order valence-electron chi connectivity index (χ4n) is 2.59. The average Bonchev–Trinajstić information content (AvgIpc) is 2.38. The van der Waals surface area contributed by atoms with Crippen molar-refractivity contribution in [1.29, 1.82) is 0 Å². The number of nitrogens with two attached hydrogens (primary N) is 1. The van der Waals surface area contributed by atoms with Gasteiger partial charge < -0.3 is 35.9 Å². The van der Waals surface area contributed by atoms with Crippen LogP contribution >= 0.6 is 11.6 Å². The smallest absolute Gasteiger partial charge is 1.00 e. The molecule has 0 amide bonds. The molecule has 3 N–H and O–H groups in total. The molecule has 116 valence electrons. The monoisotopic (exact) mass is 523 g/mol. The minimum Gasteiger partial charge on any atom is -1.00 e. The van der Waals surface area contributed by atoms with Gasteiger partial charge in [0.15, 0.2) is 0 Å². The van der Waals surface area contributed by atoms with Gasteiger partial charge in [0.05, 0.1) is 6.04 Å². The standard InChI is InChI=1S/C15H15ClN2.2ClH.Pt/c16-11-5-6-13(14(17)9-11)15-12-4-2-1-3-10(12)7-8-18-15;;;/h1-6,9,15,18H,7-8,17H2;2*1H;/q;;;+2/p-2. The molecule has 0 aliphatic carbocycles. The third-order valence-electron chi connectivity index (χ3n) is 3.47. The van der Waals surface area contributed by atoms with Gasteiger partial charge in [-0.15, -0.1) is 0 Å². The second-order valence-corrected chi connectivity index (χ2v) is 5.05. The molecule has 0 spiro atoms. The third kappa shape index (κ3) is 4.37. The molecule has 2 aromatic rings. The summed E-state index contributed by atoms with van der Waals surface area (Å²) < 4.78 is 0. The molecule has 0 bridgehead atoms. The van der Waals surface area contributed by atoms with Crippen LogP contribution in [0.1, 0.15) is 22.7 Å². The Balaban J connectivity index is 0.00000133. The van der Waals surface area contributed by atoms with Crippen LogP contribution in [-0.2, 0) is 27.5 Å². The van der Waals surface area contributed by atoms with E-state index in [0.717, 1.165) is 24.2 Å². The molecule has 1 unspecified atom stereocenters. The fourth-order valence-corrected chi connectivity index (χ4v) is 2.77. The Labute approximate surface area is 156 Å². The molecule has 1 heterocycles. The van der Waals surface area contributed by atoms with Gasteiger partial charge in [-0.2, -0.15) is 0 Å². The van der Waals surface area contributed by atoms with Gasteiger partial charge >= 0.3 is 21.1 Å². The van der Waals surface area contributed by atoms with Crippen LogP contribution in [-0.4, -0.2) is 6.54 Å². The Morgan fingerprint density at radius 1 is 1.05 bits per heavy atom. The summed E-state index contributed by atoms with van der Waals surface area (Å²) in [6.45, 7) is 0.976. The van der Waals surface area contributed by atoms with E-state index >= 15 is 0 Å². The third-order valence-corrected chi connectivity index (χ3v) is 3.70. The molecule has 0 radical (unpaired) electrons. The minimum absolute atomic E-state index is 0. The van der Waals surface area contributed by atoms with Crippen molar-refractivity contribution in [3.8, 4) is 0 Å². The number of rotatable bonds is 1. The molecule has 1 aliphatic heterocycles. The van der Waals surface area contributed by atoms with E-state index in [0.29, 0.717) is 5.02 Å². The molecule has 0 fully saturated rings. The average molecular weight is 525 g/mol. The van der Waals surface area contributed by atoms with Crippen LogP contribution in [0.15, 0.2) is 42.5 Å². The number of hydrogen-bond acceptors (Lipinski definition) is 2. The van der Waals surface area contributed by atoms with Crippen LogP contribution in [0, 0.1) is 0 Å². The van der Waals surface area contributed by atoms with Crippen LogP contribution in [0.4, 0.5) is 5.69 Å². The predicted octanol–water partition coefficient (Wildman–Crippen LogP) is -2.84. The number of benzene rings is 2. The van der Waals surface area contributed by atoms with E-state index in [9.17, 15) is 0 Å². The zero-order valence-electron chi connectivity index (χ0n) is 11.1. The van der Waals surface area contributed by atoms with Crippen LogP contribution in [0.3, 0.4) is 0 Å². The van der Waals surface area contributed by atoms with E-state index < -0.39 is 0 Å². The maximum absolute atomic E-state index is 6.08. The Morgan fingerprint density at radius 3 is 2.48 bits per heavy atom. The summed E-state index contributed by atoms with van der Waals surface area (Å²) in [5.41, 5.74) is 10.7. The first-order valence-corrected chi connectivity index (χ1v) is 6.49. The van der Waals surface area contributed by atoms with Gasteiger partial charge in [0.25, 0.3) is 0 Å². The van der Waals surface area contributed by atoms with Crippen molar-refractivity contribution in [2.75, 3.05) is 12.3 Å². The van der Waals surface area contributed by atoms with Gasteiger partial charge in [0.2, 0.25) is 0 Å². The van der Waals surface area contributed by atoms with Crippen molar-refractivity contribution in [2.45, 2.75) is 12.5 Å². The van der Waals surface area contributed by atoms with Crippen LogP contribution in [0.5, 0.6) is 0 Å². The Hall–Kier alpha value is -0.242. The van der Waals surface area contributed by atoms with Gasteiger partial charge in [-0.05, 0) is 35.2 Å². The molecule has 0 saturated carbocycles. The summed E-state index contributed by atoms with van der Waals surface area (Å²) in [5, 5.41) is 4.21. The SMILES string of the molecule is Nc1cc(Cl)ccc1C1NCCc2ccccc21.[Cl-].[Cl-].[Pt+2]. The second kappa shape index (κ2) is 9.02. The second-order valence-electron chi connectivity index (χ2n) is 4.61. The quantitative estimate of drug-likeness (QED) is 0.395. The van der Waals surface area contributed by atoms with E-state index in [-0.39, 0.29) is 51.9 Å². The molecule has 0 saturated heterocycles. The van der Waals surface area contributed by atoms with Crippen molar-refractivity contribution in [2.24, 2.45) is 0 Å². The van der Waals surface area contributed by atoms with Gasteiger partial charge in [0.1, 0.15) is 0 Å². The van der Waals surface area contributed by atoms with E-state index in [4.69, 9.17) is 17.3 Å². The van der Waals surface area contributed by atoms with E-state index in [1.807, 2.05) is 18.2 Å². The maximum atomic E-state index is 6.08. The van der Waals surface area contributed by atoms with Crippen molar-refractivity contribution in [3.05, 3.63) is 64.2 Å². The minimum atomic E-state index is 0. The summed E-state index contributed by atoms with van der Waals surface area (Å²) in [7, 11) is 0. The van der Waals surface area contributed by atoms with Crippen molar-refractivity contribution in [3.63, 3.8) is 0 Å². The van der Waals surface area contributed by atoms with Crippen molar-refractivity contribution < 1.29 is 45.9 Å². The van der Waals surface area contributed by atoms with Gasteiger partial charge in [-0.3, -0.25) is 0 Å².